The fourth-order valence-electron chi connectivity index (χ4n) is 10.2. The van der Waals surface area contributed by atoms with Crippen LogP contribution in [0, 0.1) is 45.3 Å². The maximum Gasteiger partial charge on any atom is 0.101 e. The summed E-state index contributed by atoms with van der Waals surface area (Å²) in [6, 6.07) is 74.3. The molecule has 0 atom stereocenters. The van der Waals surface area contributed by atoms with Gasteiger partial charge in [0, 0.05) is 11.1 Å². The Kier molecular flexibility index (Phi) is 8.49. The second-order valence-corrected chi connectivity index (χ2v) is 15.6. The van der Waals surface area contributed by atoms with Crippen molar-refractivity contribution in [1.82, 2.24) is 0 Å². The predicted octanol–water partition coefficient (Wildman–Crippen LogP) is 13.6. The van der Waals surface area contributed by atoms with Gasteiger partial charge in [-0.2, -0.15) is 21.0 Å². The van der Waals surface area contributed by atoms with Gasteiger partial charge in [0.15, 0.2) is 0 Å². The Morgan fingerprint density at radius 1 is 0.317 bits per heavy atom. The topological polar surface area (TPSA) is 102 Å². The zero-order chi connectivity index (χ0) is 42.7. The monoisotopic (exact) mass is 800 g/mol. The molecular weight excluding hydrogens is 769 g/mol. The quantitative estimate of drug-likeness (QED) is 0.166. The molecule has 0 unspecified atom stereocenters. The Hall–Kier alpha value is -9.20. The maximum atomic E-state index is 10.5. The minimum absolute atomic E-state index is 0.484. The van der Waals surface area contributed by atoms with Crippen LogP contribution >= 0.6 is 0 Å². The largest absolute Gasteiger partial charge is 0.308 e. The molecule has 2 aliphatic carbocycles. The Balaban J connectivity index is 1.27. The van der Waals surface area contributed by atoms with Gasteiger partial charge in [0.2, 0.25) is 0 Å². The molecule has 1 spiro atoms. The average molecular weight is 801 g/mol. The fraction of sp³-hybridized carbons (Fsp3) is 0.0175. The first-order valence-corrected chi connectivity index (χ1v) is 20.6. The van der Waals surface area contributed by atoms with Crippen LogP contribution in [0.4, 0.5) is 34.1 Å². The van der Waals surface area contributed by atoms with Gasteiger partial charge in [-0.1, -0.05) is 127 Å². The van der Waals surface area contributed by atoms with Crippen molar-refractivity contribution >= 4 is 44.9 Å². The zero-order valence-corrected chi connectivity index (χ0v) is 33.7. The first-order chi connectivity index (χ1) is 31.1. The SMILES string of the molecule is N#Cc1ccccc1N(c1ccc2c(c1)C1(c3ccccc3-c3ccccc31)c1cccc3c(N(c4ccccc4C#N)c4ccccc4C#N)ccc-2c13)c1ccccc1C#N. The van der Waals surface area contributed by atoms with E-state index < -0.39 is 5.41 Å². The lowest BCUT2D eigenvalue weighted by atomic mass is 9.61. The Labute approximate surface area is 364 Å². The molecule has 0 aliphatic heterocycles. The number of para-hydroxylation sites is 4. The molecule has 0 radical (unpaired) electrons. The summed E-state index contributed by atoms with van der Waals surface area (Å²) in [5.74, 6) is 0. The number of rotatable bonds is 6. The van der Waals surface area contributed by atoms with Crippen molar-refractivity contribution in [2.75, 3.05) is 9.80 Å². The van der Waals surface area contributed by atoms with Gasteiger partial charge < -0.3 is 9.80 Å². The summed E-state index contributed by atoms with van der Waals surface area (Å²) in [7, 11) is 0. The van der Waals surface area contributed by atoms with E-state index in [0.29, 0.717) is 45.0 Å². The summed E-state index contributed by atoms with van der Waals surface area (Å²) < 4.78 is 0. The maximum absolute atomic E-state index is 10.5. The van der Waals surface area contributed by atoms with Crippen LogP contribution in [-0.2, 0) is 5.41 Å². The van der Waals surface area contributed by atoms with E-state index in [2.05, 4.69) is 126 Å². The molecule has 6 nitrogen and oxygen atoms in total. The third-order valence-electron chi connectivity index (χ3n) is 12.6. The lowest BCUT2D eigenvalue weighted by Gasteiger charge is -2.41. The van der Waals surface area contributed by atoms with Crippen molar-refractivity contribution in [3.05, 3.63) is 239 Å². The van der Waals surface area contributed by atoms with Crippen molar-refractivity contribution in [1.29, 1.82) is 21.0 Å². The standard InChI is InChI=1S/C57H32N6/c58-33-37-14-1-9-24-51(37)62(52-25-10-2-15-38(52)34-59)41-28-29-44-45-30-31-55(63(53-26-11-3-16-39(53)35-60)54-27-12-4-17-40(54)36-61)46-20-13-23-49(56(45)46)57(50(44)32-41)47-21-7-5-18-42(47)43-19-6-8-22-48(43)57/h1-32H. The van der Waals surface area contributed by atoms with E-state index in [1.807, 2.05) is 102 Å². The number of nitriles is 4. The smallest absolute Gasteiger partial charge is 0.101 e. The minimum atomic E-state index is -0.807. The average Bonchev–Trinajstić information content (AvgIpc) is 3.64. The van der Waals surface area contributed by atoms with Gasteiger partial charge in [0.25, 0.3) is 0 Å². The van der Waals surface area contributed by atoms with Gasteiger partial charge in [-0.3, -0.25) is 0 Å². The molecule has 0 bridgehead atoms. The highest BCUT2D eigenvalue weighted by atomic mass is 15.2. The molecule has 2 aliphatic rings. The normalized spacial score (nSPS) is 12.2. The summed E-state index contributed by atoms with van der Waals surface area (Å²) in [5.41, 5.74) is 14.3. The summed E-state index contributed by atoms with van der Waals surface area (Å²) in [5, 5.41) is 43.8. The molecule has 0 aromatic heterocycles. The van der Waals surface area contributed by atoms with Crippen molar-refractivity contribution < 1.29 is 0 Å². The Morgan fingerprint density at radius 2 is 0.730 bits per heavy atom. The number of anilines is 6. The lowest BCUT2D eigenvalue weighted by molar-refractivity contribution is 0.773. The predicted molar refractivity (Wildman–Crippen MR) is 248 cm³/mol. The first kappa shape index (κ1) is 36.8. The molecule has 0 saturated heterocycles. The third kappa shape index (κ3) is 5.27. The van der Waals surface area contributed by atoms with E-state index in [9.17, 15) is 21.0 Å². The van der Waals surface area contributed by atoms with Crippen LogP contribution in [0.2, 0.25) is 0 Å². The van der Waals surface area contributed by atoms with Crippen LogP contribution < -0.4 is 9.80 Å². The summed E-state index contributed by atoms with van der Waals surface area (Å²) in [6.45, 7) is 0. The number of benzene rings is 9. The van der Waals surface area contributed by atoms with Gasteiger partial charge in [0.05, 0.1) is 56.1 Å². The first-order valence-electron chi connectivity index (χ1n) is 20.6. The molecule has 63 heavy (non-hydrogen) atoms. The molecular formula is C57H32N6. The van der Waals surface area contributed by atoms with E-state index in [1.54, 1.807) is 0 Å². The summed E-state index contributed by atoms with van der Waals surface area (Å²) in [6.07, 6.45) is 0. The molecule has 11 rings (SSSR count). The van der Waals surface area contributed by atoms with Crippen LogP contribution in [0.1, 0.15) is 44.5 Å². The molecule has 9 aromatic rings. The molecule has 290 valence electrons. The highest BCUT2D eigenvalue weighted by Crippen LogP contribution is 2.63. The number of hydrogen-bond acceptors (Lipinski definition) is 6. The third-order valence-corrected chi connectivity index (χ3v) is 12.6. The summed E-state index contributed by atoms with van der Waals surface area (Å²) >= 11 is 0. The van der Waals surface area contributed by atoms with Crippen LogP contribution in [0.25, 0.3) is 33.0 Å². The molecule has 9 aromatic carbocycles. The second kappa shape index (κ2) is 14.5. The highest BCUT2D eigenvalue weighted by molar-refractivity contribution is 6.13. The Bertz CT molecular complexity index is 3400. The molecule has 0 N–H and O–H groups in total. The molecule has 6 heteroatoms. The van der Waals surface area contributed by atoms with Crippen molar-refractivity contribution in [3.8, 4) is 46.5 Å². The van der Waals surface area contributed by atoms with Gasteiger partial charge in [-0.05, 0) is 117 Å². The van der Waals surface area contributed by atoms with E-state index in [0.717, 1.165) is 66.7 Å². The van der Waals surface area contributed by atoms with E-state index in [4.69, 9.17) is 0 Å². The van der Waals surface area contributed by atoms with Crippen LogP contribution in [0.3, 0.4) is 0 Å². The van der Waals surface area contributed by atoms with Gasteiger partial charge >= 0.3 is 0 Å². The summed E-state index contributed by atoms with van der Waals surface area (Å²) in [4.78, 5) is 4.09. The number of fused-ring (bicyclic) bond motifs is 9. The number of nitrogens with zero attached hydrogens (tertiary/aromatic N) is 6. The molecule has 0 amide bonds. The van der Waals surface area contributed by atoms with Gasteiger partial charge in [0.1, 0.15) is 24.3 Å². The van der Waals surface area contributed by atoms with Crippen molar-refractivity contribution in [2.24, 2.45) is 0 Å². The zero-order valence-electron chi connectivity index (χ0n) is 33.7. The second-order valence-electron chi connectivity index (χ2n) is 15.6. The van der Waals surface area contributed by atoms with E-state index >= 15 is 0 Å². The van der Waals surface area contributed by atoms with Crippen LogP contribution in [-0.4, -0.2) is 0 Å². The lowest BCUT2D eigenvalue weighted by Crippen LogP contribution is -2.32. The fourth-order valence-corrected chi connectivity index (χ4v) is 10.2. The molecule has 0 fully saturated rings. The molecule has 0 heterocycles. The van der Waals surface area contributed by atoms with Crippen LogP contribution in [0.5, 0.6) is 0 Å². The van der Waals surface area contributed by atoms with Crippen molar-refractivity contribution in [3.63, 3.8) is 0 Å². The number of hydrogen-bond donors (Lipinski definition) is 0. The minimum Gasteiger partial charge on any atom is -0.308 e. The highest BCUT2D eigenvalue weighted by Gasteiger charge is 2.50. The van der Waals surface area contributed by atoms with E-state index in [-0.39, 0.29) is 0 Å². The molecule has 0 saturated carbocycles. The Morgan fingerprint density at radius 3 is 1.24 bits per heavy atom. The van der Waals surface area contributed by atoms with E-state index in [1.165, 1.54) is 0 Å². The van der Waals surface area contributed by atoms with Crippen molar-refractivity contribution in [2.45, 2.75) is 5.41 Å². The van der Waals surface area contributed by atoms with Gasteiger partial charge in [-0.25, -0.2) is 0 Å². The van der Waals surface area contributed by atoms with Gasteiger partial charge in [-0.15, -0.1) is 0 Å². The van der Waals surface area contributed by atoms with Crippen LogP contribution in [0.15, 0.2) is 194 Å².